The molecule has 1 aromatic carbocycles. The summed E-state index contributed by atoms with van der Waals surface area (Å²) >= 11 is 6.25. The van der Waals surface area contributed by atoms with Gasteiger partial charge in [-0.15, -0.1) is 0 Å². The Labute approximate surface area is 121 Å². The Balaban J connectivity index is 1.81. The van der Waals surface area contributed by atoms with Crippen LogP contribution in [0.1, 0.15) is 35.2 Å². The minimum atomic E-state index is -0.901. The first-order chi connectivity index (χ1) is 9.48. The number of carbonyl (C=O) groups excluding carboxylic acids is 1. The molecule has 0 heterocycles. The second kappa shape index (κ2) is 4.57. The average molecular weight is 295 g/mol. The summed E-state index contributed by atoms with van der Waals surface area (Å²) in [6.45, 7) is 0. The Morgan fingerprint density at radius 3 is 2.50 bits per heavy atom. The molecule has 2 fully saturated rings. The van der Waals surface area contributed by atoms with Crippen molar-refractivity contribution >= 4 is 23.4 Å². The summed E-state index contributed by atoms with van der Waals surface area (Å²) in [5, 5.41) is 9.39. The van der Waals surface area contributed by atoms with Crippen molar-refractivity contribution < 1.29 is 19.4 Å². The molecule has 2 atom stereocenters. The van der Waals surface area contributed by atoms with Gasteiger partial charge in [-0.2, -0.15) is 0 Å². The molecule has 2 saturated carbocycles. The van der Waals surface area contributed by atoms with Crippen LogP contribution in [0.3, 0.4) is 0 Å². The number of ketones is 1. The molecule has 0 radical (unpaired) electrons. The van der Waals surface area contributed by atoms with Gasteiger partial charge in [-0.25, -0.2) is 0 Å². The molecule has 2 aliphatic carbocycles. The van der Waals surface area contributed by atoms with Gasteiger partial charge in [0.15, 0.2) is 5.78 Å². The van der Waals surface area contributed by atoms with Crippen LogP contribution in [0.2, 0.25) is 5.02 Å². The van der Waals surface area contributed by atoms with Crippen LogP contribution in [0, 0.1) is 11.8 Å². The zero-order valence-electron chi connectivity index (χ0n) is 11.1. The van der Waals surface area contributed by atoms with Gasteiger partial charge in [0.2, 0.25) is 0 Å². The monoisotopic (exact) mass is 294 g/mol. The van der Waals surface area contributed by atoms with Gasteiger partial charge in [0.1, 0.15) is 0 Å². The fraction of sp³-hybridized carbons (Fsp3) is 0.467. The Bertz CT molecular complexity index is 592. The van der Waals surface area contributed by atoms with Crippen LogP contribution in [-0.4, -0.2) is 24.0 Å². The minimum Gasteiger partial charge on any atom is -0.481 e. The largest absolute Gasteiger partial charge is 0.481 e. The number of benzene rings is 1. The number of carbonyl (C=O) groups is 2. The first-order valence-electron chi connectivity index (χ1n) is 6.61. The highest BCUT2D eigenvalue weighted by molar-refractivity contribution is 6.32. The van der Waals surface area contributed by atoms with E-state index in [1.54, 1.807) is 19.2 Å². The van der Waals surface area contributed by atoms with E-state index >= 15 is 0 Å². The van der Waals surface area contributed by atoms with E-state index in [0.29, 0.717) is 17.0 Å². The van der Waals surface area contributed by atoms with Crippen LogP contribution in [0.25, 0.3) is 0 Å². The third-order valence-corrected chi connectivity index (χ3v) is 4.60. The van der Waals surface area contributed by atoms with E-state index in [9.17, 15) is 9.59 Å². The molecule has 3 rings (SSSR count). The molecular formula is C15H15ClO4. The van der Waals surface area contributed by atoms with Gasteiger partial charge >= 0.3 is 5.97 Å². The highest BCUT2D eigenvalue weighted by atomic mass is 35.5. The maximum absolute atomic E-state index is 12.2. The Morgan fingerprint density at radius 1 is 1.35 bits per heavy atom. The van der Waals surface area contributed by atoms with Crippen molar-refractivity contribution in [3.05, 3.63) is 34.3 Å². The number of methoxy groups -OCH3 is 1. The standard InChI is InChI=1S/C15H15ClO4/c1-20-15(4-5-15)11-3-2-8(6-12(11)16)13(17)9-7-10(9)14(18)19/h2-3,6,9-10H,4-5,7H2,1H3,(H,18,19). The van der Waals surface area contributed by atoms with Crippen molar-refractivity contribution in [2.45, 2.75) is 24.9 Å². The van der Waals surface area contributed by atoms with E-state index in [0.717, 1.165) is 18.4 Å². The van der Waals surface area contributed by atoms with Crippen LogP contribution in [0.4, 0.5) is 0 Å². The van der Waals surface area contributed by atoms with E-state index in [-0.39, 0.29) is 11.4 Å². The molecule has 2 aliphatic rings. The minimum absolute atomic E-state index is 0.131. The number of carboxylic acids is 1. The molecule has 0 bridgehead atoms. The molecule has 2 unspecified atom stereocenters. The number of hydrogen-bond acceptors (Lipinski definition) is 3. The Hall–Kier alpha value is -1.39. The number of halogens is 1. The number of Topliss-reactive ketones (excluding diaryl/α,β-unsaturated/α-hetero) is 1. The molecule has 1 N–H and O–H groups in total. The molecular weight excluding hydrogens is 280 g/mol. The first-order valence-corrected chi connectivity index (χ1v) is 6.98. The summed E-state index contributed by atoms with van der Waals surface area (Å²) in [5.41, 5.74) is 1.10. The van der Waals surface area contributed by atoms with Gasteiger partial charge in [0, 0.05) is 29.2 Å². The van der Waals surface area contributed by atoms with E-state index in [1.807, 2.05) is 6.07 Å². The van der Waals surface area contributed by atoms with E-state index in [4.69, 9.17) is 21.4 Å². The van der Waals surface area contributed by atoms with Crippen molar-refractivity contribution in [1.82, 2.24) is 0 Å². The molecule has 4 nitrogen and oxygen atoms in total. The molecule has 0 aliphatic heterocycles. The summed E-state index contributed by atoms with van der Waals surface area (Å²) in [7, 11) is 1.66. The number of carboxylic acid groups (broad SMARTS) is 1. The van der Waals surface area contributed by atoms with Gasteiger partial charge in [0.25, 0.3) is 0 Å². The second-order valence-corrected chi connectivity index (χ2v) is 5.95. The predicted molar refractivity (Wildman–Crippen MR) is 72.9 cm³/mol. The van der Waals surface area contributed by atoms with Crippen LogP contribution in [-0.2, 0) is 15.1 Å². The normalized spacial score (nSPS) is 26.1. The van der Waals surface area contributed by atoms with Gasteiger partial charge in [-0.1, -0.05) is 23.7 Å². The highest BCUT2D eigenvalue weighted by Crippen LogP contribution is 2.51. The zero-order valence-corrected chi connectivity index (χ0v) is 11.8. The van der Waals surface area contributed by atoms with Crippen molar-refractivity contribution in [1.29, 1.82) is 0 Å². The Kier molecular flexibility index (Phi) is 3.10. The second-order valence-electron chi connectivity index (χ2n) is 5.54. The van der Waals surface area contributed by atoms with Gasteiger partial charge < -0.3 is 9.84 Å². The zero-order chi connectivity index (χ0) is 14.5. The highest BCUT2D eigenvalue weighted by Gasteiger charge is 2.49. The van der Waals surface area contributed by atoms with E-state index in [1.165, 1.54) is 0 Å². The van der Waals surface area contributed by atoms with Crippen LogP contribution in [0.15, 0.2) is 18.2 Å². The first kappa shape index (κ1) is 13.6. The quantitative estimate of drug-likeness (QED) is 0.848. The number of rotatable bonds is 5. The lowest BCUT2D eigenvalue weighted by molar-refractivity contribution is -0.138. The van der Waals surface area contributed by atoms with Crippen LogP contribution < -0.4 is 0 Å². The van der Waals surface area contributed by atoms with Crippen molar-refractivity contribution in [2.75, 3.05) is 7.11 Å². The van der Waals surface area contributed by atoms with Gasteiger partial charge in [0.05, 0.1) is 11.5 Å². The van der Waals surface area contributed by atoms with E-state index in [2.05, 4.69) is 0 Å². The smallest absolute Gasteiger partial charge is 0.307 e. The Morgan fingerprint density at radius 2 is 2.05 bits per heavy atom. The topological polar surface area (TPSA) is 63.6 Å². The summed E-state index contributed by atoms with van der Waals surface area (Å²) in [6.07, 6.45) is 2.29. The number of hydrogen-bond donors (Lipinski definition) is 1. The molecule has 0 amide bonds. The van der Waals surface area contributed by atoms with Crippen molar-refractivity contribution in [3.63, 3.8) is 0 Å². The molecule has 0 spiro atoms. The number of ether oxygens (including phenoxy) is 1. The van der Waals surface area contributed by atoms with Crippen molar-refractivity contribution in [2.24, 2.45) is 11.8 Å². The average Bonchev–Trinajstić information content (AvgIpc) is 3.30. The lowest BCUT2D eigenvalue weighted by atomic mass is 10.0. The third-order valence-electron chi connectivity index (χ3n) is 4.28. The summed E-state index contributed by atoms with van der Waals surface area (Å²) in [6, 6.07) is 5.18. The molecule has 106 valence electrons. The number of aliphatic carboxylic acids is 1. The van der Waals surface area contributed by atoms with Gasteiger partial charge in [-0.3, -0.25) is 9.59 Å². The van der Waals surface area contributed by atoms with Crippen LogP contribution in [0.5, 0.6) is 0 Å². The summed E-state index contributed by atoms with van der Waals surface area (Å²) < 4.78 is 5.48. The maximum atomic E-state index is 12.2. The molecule has 20 heavy (non-hydrogen) atoms. The molecule has 0 aromatic heterocycles. The SMILES string of the molecule is COC1(c2ccc(C(=O)C3CC3C(=O)O)cc2Cl)CC1. The predicted octanol–water partition coefficient (Wildman–Crippen LogP) is 2.88. The lowest BCUT2D eigenvalue weighted by Gasteiger charge is -2.16. The fourth-order valence-electron chi connectivity index (χ4n) is 2.71. The lowest BCUT2D eigenvalue weighted by Crippen LogP contribution is -2.12. The van der Waals surface area contributed by atoms with E-state index < -0.39 is 17.8 Å². The summed E-state index contributed by atoms with van der Waals surface area (Å²) in [5.74, 6) is -1.96. The summed E-state index contributed by atoms with van der Waals surface area (Å²) in [4.78, 5) is 23.0. The molecule has 0 saturated heterocycles. The molecule has 1 aromatic rings. The third kappa shape index (κ3) is 2.13. The van der Waals surface area contributed by atoms with Crippen LogP contribution >= 0.6 is 11.6 Å². The molecule has 5 heteroatoms. The van der Waals surface area contributed by atoms with Crippen molar-refractivity contribution in [3.8, 4) is 0 Å². The van der Waals surface area contributed by atoms with Gasteiger partial charge in [-0.05, 0) is 25.3 Å². The fourth-order valence-corrected chi connectivity index (χ4v) is 3.06. The maximum Gasteiger partial charge on any atom is 0.307 e.